The molecule has 2 aromatic carbocycles. The van der Waals surface area contributed by atoms with Gasteiger partial charge in [0.25, 0.3) is 0 Å². The molecule has 1 saturated heterocycles. The van der Waals surface area contributed by atoms with Gasteiger partial charge in [0.05, 0.1) is 12.5 Å². The topological polar surface area (TPSA) is 49.9 Å². The fraction of sp³-hybridized carbons (Fsp3) is 0.417. The van der Waals surface area contributed by atoms with E-state index >= 15 is 0 Å². The van der Waals surface area contributed by atoms with Crippen molar-refractivity contribution in [2.24, 2.45) is 5.92 Å². The zero-order valence-corrected chi connectivity index (χ0v) is 17.5. The van der Waals surface area contributed by atoms with E-state index in [0.717, 1.165) is 24.1 Å². The predicted molar refractivity (Wildman–Crippen MR) is 115 cm³/mol. The molecule has 3 rings (SSSR count). The van der Waals surface area contributed by atoms with Crippen molar-refractivity contribution in [3.05, 3.63) is 66.2 Å². The Bertz CT molecular complexity index is 815. The van der Waals surface area contributed by atoms with E-state index in [4.69, 9.17) is 4.74 Å². The van der Waals surface area contributed by atoms with Crippen molar-refractivity contribution >= 4 is 17.7 Å². The zero-order chi connectivity index (χ0) is 20.9. The Labute approximate surface area is 173 Å². The highest BCUT2D eigenvalue weighted by Crippen LogP contribution is 2.25. The van der Waals surface area contributed by atoms with Crippen LogP contribution < -0.4 is 4.90 Å². The number of anilines is 1. The number of benzene rings is 2. The van der Waals surface area contributed by atoms with Crippen molar-refractivity contribution in [1.82, 2.24) is 4.90 Å². The molecule has 1 aliphatic heterocycles. The largest absolute Gasteiger partial charge is 0.444 e. The molecule has 0 spiro atoms. The normalized spacial score (nSPS) is 16.9. The minimum Gasteiger partial charge on any atom is -0.444 e. The van der Waals surface area contributed by atoms with Crippen molar-refractivity contribution in [1.29, 1.82) is 0 Å². The molecule has 0 saturated carbocycles. The number of hydrogen-bond donors (Lipinski definition) is 0. The maximum Gasteiger partial charge on any atom is 0.410 e. The Kier molecular flexibility index (Phi) is 6.57. The second-order valence-electron chi connectivity index (χ2n) is 8.51. The molecule has 5 heteroatoms. The molecular weight excluding hydrogens is 364 g/mol. The van der Waals surface area contributed by atoms with Gasteiger partial charge < -0.3 is 14.5 Å². The molecule has 29 heavy (non-hydrogen) atoms. The first-order valence-corrected chi connectivity index (χ1v) is 10.2. The first-order chi connectivity index (χ1) is 13.8. The number of carbonyl (C=O) groups is 2. The van der Waals surface area contributed by atoms with Crippen LogP contribution in [0.15, 0.2) is 60.7 Å². The highest BCUT2D eigenvalue weighted by atomic mass is 16.6. The molecule has 1 atom stereocenters. The molecule has 2 aromatic rings. The molecule has 1 fully saturated rings. The highest BCUT2D eigenvalue weighted by Gasteiger charge is 2.33. The van der Waals surface area contributed by atoms with Gasteiger partial charge >= 0.3 is 6.09 Å². The number of piperidine rings is 1. The van der Waals surface area contributed by atoms with Gasteiger partial charge in [0.1, 0.15) is 5.60 Å². The van der Waals surface area contributed by atoms with Crippen LogP contribution >= 0.6 is 0 Å². The number of nitrogens with zero attached hydrogens (tertiary/aromatic N) is 2. The molecule has 0 aromatic heterocycles. The third kappa shape index (κ3) is 5.83. The second-order valence-corrected chi connectivity index (χ2v) is 8.51. The minimum absolute atomic E-state index is 0.0494. The van der Waals surface area contributed by atoms with Gasteiger partial charge in [0, 0.05) is 18.8 Å². The smallest absolute Gasteiger partial charge is 0.410 e. The Hall–Kier alpha value is -2.82. The molecule has 1 heterocycles. The number of ether oxygens (including phenoxy) is 1. The van der Waals surface area contributed by atoms with Crippen molar-refractivity contribution in [2.75, 3.05) is 18.0 Å². The van der Waals surface area contributed by atoms with E-state index < -0.39 is 5.60 Å². The lowest BCUT2D eigenvalue weighted by atomic mass is 9.96. The Morgan fingerprint density at radius 2 is 1.66 bits per heavy atom. The number of rotatable bonds is 4. The lowest BCUT2D eigenvalue weighted by Crippen LogP contribution is -2.48. The van der Waals surface area contributed by atoms with Crippen LogP contribution in [0.1, 0.15) is 39.2 Å². The van der Waals surface area contributed by atoms with E-state index in [1.165, 1.54) is 0 Å². The van der Waals surface area contributed by atoms with Gasteiger partial charge in [-0.25, -0.2) is 4.79 Å². The van der Waals surface area contributed by atoms with Crippen molar-refractivity contribution in [3.8, 4) is 0 Å². The number of likely N-dealkylation sites (tertiary alicyclic amines) is 1. The zero-order valence-electron chi connectivity index (χ0n) is 17.5. The average molecular weight is 395 g/mol. The Morgan fingerprint density at radius 3 is 2.28 bits per heavy atom. The van der Waals surface area contributed by atoms with Crippen molar-refractivity contribution in [3.63, 3.8) is 0 Å². The summed E-state index contributed by atoms with van der Waals surface area (Å²) in [6.07, 6.45) is 1.23. The molecule has 154 valence electrons. The summed E-state index contributed by atoms with van der Waals surface area (Å²) in [7, 11) is 0. The van der Waals surface area contributed by atoms with Gasteiger partial charge in [0.15, 0.2) is 0 Å². The fourth-order valence-corrected chi connectivity index (χ4v) is 3.56. The van der Waals surface area contributed by atoms with Crippen LogP contribution in [0.2, 0.25) is 0 Å². The number of amides is 2. The standard InChI is InChI=1S/C24H30N2O3/c1-24(2,3)29-23(28)25-16-10-13-20(18-25)22(27)26(21-14-8-5-9-15-21)17-19-11-6-4-7-12-19/h4-9,11-12,14-15,20H,10,13,16-18H2,1-3H3. The summed E-state index contributed by atoms with van der Waals surface area (Å²) in [5.74, 6) is -0.187. The van der Waals surface area contributed by atoms with E-state index in [1.807, 2.05) is 86.3 Å². The van der Waals surface area contributed by atoms with E-state index in [9.17, 15) is 9.59 Å². The molecule has 2 amide bonds. The molecule has 1 unspecified atom stereocenters. The summed E-state index contributed by atoms with van der Waals surface area (Å²) in [6, 6.07) is 19.7. The van der Waals surface area contributed by atoms with Gasteiger partial charge in [-0.05, 0) is 51.3 Å². The summed E-state index contributed by atoms with van der Waals surface area (Å²) < 4.78 is 5.51. The lowest BCUT2D eigenvalue weighted by Gasteiger charge is -2.36. The monoisotopic (exact) mass is 394 g/mol. The third-order valence-electron chi connectivity index (χ3n) is 4.94. The lowest BCUT2D eigenvalue weighted by molar-refractivity contribution is -0.124. The van der Waals surface area contributed by atoms with Crippen LogP contribution in [0.4, 0.5) is 10.5 Å². The van der Waals surface area contributed by atoms with E-state index in [-0.39, 0.29) is 17.9 Å². The summed E-state index contributed by atoms with van der Waals surface area (Å²) in [5, 5.41) is 0. The summed E-state index contributed by atoms with van der Waals surface area (Å²) in [4.78, 5) is 29.5. The van der Waals surface area contributed by atoms with Crippen LogP contribution in [-0.4, -0.2) is 35.6 Å². The fourth-order valence-electron chi connectivity index (χ4n) is 3.56. The van der Waals surface area contributed by atoms with E-state index in [2.05, 4.69) is 0 Å². The molecular formula is C24H30N2O3. The van der Waals surface area contributed by atoms with Gasteiger partial charge in [-0.1, -0.05) is 48.5 Å². The van der Waals surface area contributed by atoms with Crippen LogP contribution in [-0.2, 0) is 16.1 Å². The summed E-state index contributed by atoms with van der Waals surface area (Å²) >= 11 is 0. The van der Waals surface area contributed by atoms with Gasteiger partial charge in [0.2, 0.25) is 5.91 Å². The Morgan fingerprint density at radius 1 is 1.03 bits per heavy atom. The third-order valence-corrected chi connectivity index (χ3v) is 4.94. The quantitative estimate of drug-likeness (QED) is 0.744. The van der Waals surface area contributed by atoms with Gasteiger partial charge in [-0.15, -0.1) is 0 Å². The summed E-state index contributed by atoms with van der Waals surface area (Å²) in [6.45, 7) is 7.10. The molecule has 5 nitrogen and oxygen atoms in total. The SMILES string of the molecule is CC(C)(C)OC(=O)N1CCCC(C(=O)N(Cc2ccccc2)c2ccccc2)C1. The van der Waals surface area contributed by atoms with Gasteiger partial charge in [-0.2, -0.15) is 0 Å². The first kappa shape index (κ1) is 20.9. The minimum atomic E-state index is -0.544. The van der Waals surface area contributed by atoms with Crippen LogP contribution in [0.3, 0.4) is 0 Å². The maximum atomic E-state index is 13.5. The van der Waals surface area contributed by atoms with E-state index in [0.29, 0.717) is 19.6 Å². The average Bonchev–Trinajstić information content (AvgIpc) is 2.72. The highest BCUT2D eigenvalue weighted by molar-refractivity contribution is 5.95. The molecule has 1 aliphatic rings. The number of carbonyl (C=O) groups excluding carboxylic acids is 2. The maximum absolute atomic E-state index is 13.5. The molecule has 0 bridgehead atoms. The second kappa shape index (κ2) is 9.12. The molecule has 0 N–H and O–H groups in total. The van der Waals surface area contributed by atoms with Gasteiger partial charge in [-0.3, -0.25) is 4.79 Å². The molecule has 0 aliphatic carbocycles. The number of hydrogen-bond acceptors (Lipinski definition) is 3. The summed E-state index contributed by atoms with van der Waals surface area (Å²) in [5.41, 5.74) is 1.40. The first-order valence-electron chi connectivity index (χ1n) is 10.2. The predicted octanol–water partition coefficient (Wildman–Crippen LogP) is 4.87. The van der Waals surface area contributed by atoms with Crippen LogP contribution in [0, 0.1) is 5.92 Å². The molecule has 0 radical (unpaired) electrons. The Balaban J connectivity index is 1.77. The van der Waals surface area contributed by atoms with Crippen molar-refractivity contribution < 1.29 is 14.3 Å². The van der Waals surface area contributed by atoms with E-state index in [1.54, 1.807) is 4.90 Å². The van der Waals surface area contributed by atoms with Crippen molar-refractivity contribution in [2.45, 2.75) is 45.8 Å². The van der Waals surface area contributed by atoms with Crippen LogP contribution in [0.25, 0.3) is 0 Å². The van der Waals surface area contributed by atoms with Crippen LogP contribution in [0.5, 0.6) is 0 Å². The number of para-hydroxylation sites is 1.